The van der Waals surface area contributed by atoms with Gasteiger partial charge in [-0.15, -0.1) is 0 Å². The first-order valence-electron chi connectivity index (χ1n) is 6.35. The summed E-state index contributed by atoms with van der Waals surface area (Å²) in [6.07, 6.45) is -0.421. The van der Waals surface area contributed by atoms with Gasteiger partial charge in [-0.05, 0) is 36.8 Å². The van der Waals surface area contributed by atoms with E-state index in [0.717, 1.165) is 11.6 Å². The molecule has 1 atom stereocenters. The van der Waals surface area contributed by atoms with Crippen molar-refractivity contribution in [1.29, 1.82) is 0 Å². The molecule has 2 aromatic rings. The molecule has 2 rings (SSSR count). The highest BCUT2D eigenvalue weighted by molar-refractivity contribution is 5.91. The third kappa shape index (κ3) is 3.31. The zero-order valence-corrected chi connectivity index (χ0v) is 11.7. The van der Waals surface area contributed by atoms with Gasteiger partial charge in [0, 0.05) is 0 Å². The zero-order chi connectivity index (χ0) is 15.4. The van der Waals surface area contributed by atoms with Crippen molar-refractivity contribution in [3.63, 3.8) is 0 Å². The molecule has 0 heterocycles. The summed E-state index contributed by atoms with van der Waals surface area (Å²) in [5.41, 5.74) is 0.370. The first-order chi connectivity index (χ1) is 10.0. The quantitative estimate of drug-likeness (QED) is 0.912. The Kier molecular flexibility index (Phi) is 4.42. The van der Waals surface area contributed by atoms with Crippen LogP contribution in [0, 0.1) is 5.82 Å². The highest BCUT2D eigenvalue weighted by Gasteiger charge is 2.19. The van der Waals surface area contributed by atoms with Gasteiger partial charge in [-0.25, -0.2) is 9.18 Å². The molecule has 0 saturated heterocycles. The molecule has 1 N–H and O–H groups in total. The summed E-state index contributed by atoms with van der Waals surface area (Å²) in [7, 11) is 1.57. The molecule has 21 heavy (non-hydrogen) atoms. The van der Waals surface area contributed by atoms with Crippen LogP contribution in [0.25, 0.3) is 0 Å². The maximum absolute atomic E-state index is 13.6. The molecule has 0 spiro atoms. The van der Waals surface area contributed by atoms with Gasteiger partial charge in [0.25, 0.3) is 0 Å². The van der Waals surface area contributed by atoms with E-state index in [2.05, 4.69) is 0 Å². The average molecular weight is 290 g/mol. The number of rotatable bonds is 5. The second-order valence-corrected chi connectivity index (χ2v) is 4.45. The largest absolute Gasteiger partial charge is 0.497 e. The molecule has 2 aromatic carbocycles. The topological polar surface area (TPSA) is 55.8 Å². The minimum Gasteiger partial charge on any atom is -0.497 e. The van der Waals surface area contributed by atoms with Gasteiger partial charge in [-0.3, -0.25) is 0 Å². The molecule has 0 saturated carbocycles. The maximum Gasteiger partial charge on any atom is 0.342 e. The molecule has 1 unspecified atom stereocenters. The summed E-state index contributed by atoms with van der Waals surface area (Å²) in [6, 6.07) is 11.1. The van der Waals surface area contributed by atoms with Gasteiger partial charge >= 0.3 is 5.97 Å². The highest BCUT2D eigenvalue weighted by Crippen LogP contribution is 2.27. The fourth-order valence-corrected chi connectivity index (χ4v) is 1.94. The van der Waals surface area contributed by atoms with Crippen molar-refractivity contribution >= 4 is 5.97 Å². The van der Waals surface area contributed by atoms with E-state index >= 15 is 0 Å². The van der Waals surface area contributed by atoms with Crippen molar-refractivity contribution < 1.29 is 23.8 Å². The van der Waals surface area contributed by atoms with E-state index in [0.29, 0.717) is 5.75 Å². The molecule has 0 aromatic heterocycles. The molecule has 110 valence electrons. The first kappa shape index (κ1) is 14.8. The van der Waals surface area contributed by atoms with Crippen molar-refractivity contribution in [1.82, 2.24) is 0 Å². The van der Waals surface area contributed by atoms with Crippen LogP contribution in [0.1, 0.15) is 28.9 Å². The van der Waals surface area contributed by atoms with E-state index in [-0.39, 0.29) is 5.75 Å². The minimum atomic E-state index is -1.36. The number of hydrogen-bond donors (Lipinski definition) is 1. The normalized spacial score (nSPS) is 11.8. The summed E-state index contributed by atoms with van der Waals surface area (Å²) in [4.78, 5) is 11.1. The van der Waals surface area contributed by atoms with Gasteiger partial charge in [-0.2, -0.15) is 0 Å². The van der Waals surface area contributed by atoms with Crippen molar-refractivity contribution in [3.05, 3.63) is 59.4 Å². The van der Waals surface area contributed by atoms with E-state index in [1.165, 1.54) is 12.1 Å². The Morgan fingerprint density at radius 3 is 2.43 bits per heavy atom. The van der Waals surface area contributed by atoms with Crippen molar-refractivity contribution in [2.45, 2.75) is 13.0 Å². The average Bonchev–Trinajstić information content (AvgIpc) is 2.47. The van der Waals surface area contributed by atoms with Crippen LogP contribution in [-0.2, 0) is 0 Å². The number of ether oxygens (including phenoxy) is 2. The van der Waals surface area contributed by atoms with E-state index in [9.17, 15) is 9.18 Å². The lowest BCUT2D eigenvalue weighted by molar-refractivity contribution is 0.0684. The summed E-state index contributed by atoms with van der Waals surface area (Å²) in [5.74, 6) is -1.46. The van der Waals surface area contributed by atoms with Crippen LogP contribution in [0.3, 0.4) is 0 Å². The fourth-order valence-electron chi connectivity index (χ4n) is 1.94. The van der Waals surface area contributed by atoms with Gasteiger partial charge in [0.1, 0.15) is 29.0 Å². The van der Waals surface area contributed by atoms with E-state index in [1.54, 1.807) is 26.2 Å². The standard InChI is InChI=1S/C16H15FO4/c1-10(11-6-8-12(20-2)9-7-11)21-14-5-3-4-13(17)15(14)16(18)19/h3-10H,1-2H3,(H,18,19). The molecule has 0 aliphatic carbocycles. The van der Waals surface area contributed by atoms with Crippen LogP contribution in [-0.4, -0.2) is 18.2 Å². The first-order valence-corrected chi connectivity index (χ1v) is 6.35. The lowest BCUT2D eigenvalue weighted by Crippen LogP contribution is -2.09. The van der Waals surface area contributed by atoms with E-state index < -0.39 is 23.5 Å². The van der Waals surface area contributed by atoms with Crippen LogP contribution >= 0.6 is 0 Å². The van der Waals surface area contributed by atoms with Crippen LogP contribution in [0.5, 0.6) is 11.5 Å². The highest BCUT2D eigenvalue weighted by atomic mass is 19.1. The van der Waals surface area contributed by atoms with Crippen molar-refractivity contribution in [3.8, 4) is 11.5 Å². The van der Waals surface area contributed by atoms with Gasteiger partial charge in [0.05, 0.1) is 7.11 Å². The predicted molar refractivity (Wildman–Crippen MR) is 75.4 cm³/mol. The van der Waals surface area contributed by atoms with Gasteiger partial charge in [0.15, 0.2) is 0 Å². The number of hydrogen-bond acceptors (Lipinski definition) is 3. The van der Waals surface area contributed by atoms with Crippen molar-refractivity contribution in [2.75, 3.05) is 7.11 Å². The van der Waals surface area contributed by atoms with Gasteiger partial charge < -0.3 is 14.6 Å². The molecular formula is C16H15FO4. The molecule has 5 heteroatoms. The van der Waals surface area contributed by atoms with Crippen LogP contribution in [0.15, 0.2) is 42.5 Å². The number of aromatic carboxylic acids is 1. The number of carboxylic acid groups (broad SMARTS) is 1. The predicted octanol–water partition coefficient (Wildman–Crippen LogP) is 3.67. The number of methoxy groups -OCH3 is 1. The summed E-state index contributed by atoms with van der Waals surface area (Å²) in [5, 5.41) is 9.06. The molecule has 4 nitrogen and oxygen atoms in total. The number of benzene rings is 2. The molecular weight excluding hydrogens is 275 g/mol. The Morgan fingerprint density at radius 1 is 1.19 bits per heavy atom. The fraction of sp³-hybridized carbons (Fsp3) is 0.188. The molecule has 0 bridgehead atoms. The third-order valence-electron chi connectivity index (χ3n) is 3.08. The maximum atomic E-state index is 13.6. The Morgan fingerprint density at radius 2 is 1.86 bits per heavy atom. The number of halogens is 1. The molecule has 0 aliphatic rings. The van der Waals surface area contributed by atoms with Gasteiger partial charge in [0.2, 0.25) is 0 Å². The summed E-state index contributed by atoms with van der Waals surface area (Å²) < 4.78 is 24.2. The minimum absolute atomic E-state index is 0.00539. The Bertz CT molecular complexity index is 637. The number of carboxylic acids is 1. The van der Waals surface area contributed by atoms with Crippen LogP contribution in [0.2, 0.25) is 0 Å². The zero-order valence-electron chi connectivity index (χ0n) is 11.7. The van der Waals surface area contributed by atoms with Crippen LogP contribution in [0.4, 0.5) is 4.39 Å². The SMILES string of the molecule is COc1ccc(C(C)Oc2cccc(F)c2C(=O)O)cc1. The monoisotopic (exact) mass is 290 g/mol. The lowest BCUT2D eigenvalue weighted by atomic mass is 10.1. The molecule has 0 amide bonds. The Balaban J connectivity index is 2.24. The third-order valence-corrected chi connectivity index (χ3v) is 3.08. The van der Waals surface area contributed by atoms with E-state index in [4.69, 9.17) is 14.6 Å². The van der Waals surface area contributed by atoms with Gasteiger partial charge in [-0.1, -0.05) is 18.2 Å². The van der Waals surface area contributed by atoms with E-state index in [1.807, 2.05) is 12.1 Å². The smallest absolute Gasteiger partial charge is 0.342 e. The second kappa shape index (κ2) is 6.26. The van der Waals surface area contributed by atoms with Crippen LogP contribution < -0.4 is 9.47 Å². The molecule has 0 fully saturated rings. The summed E-state index contributed by atoms with van der Waals surface area (Å²) >= 11 is 0. The number of carbonyl (C=O) groups is 1. The Labute approximate surface area is 121 Å². The molecule has 0 radical (unpaired) electrons. The lowest BCUT2D eigenvalue weighted by Gasteiger charge is -2.17. The Hall–Kier alpha value is -2.56. The van der Waals surface area contributed by atoms with Crippen molar-refractivity contribution in [2.24, 2.45) is 0 Å². The molecule has 0 aliphatic heterocycles. The summed E-state index contributed by atoms with van der Waals surface area (Å²) in [6.45, 7) is 1.76. The second-order valence-electron chi connectivity index (χ2n) is 4.45.